The predicted molar refractivity (Wildman–Crippen MR) is 90.7 cm³/mol. The van der Waals surface area contributed by atoms with Crippen LogP contribution in [-0.4, -0.2) is 46.1 Å². The standard InChI is InChI=1S/C16H17ClFN3O2S/c17-13-2-1-10(18)5-12(13)16(23)20-14-3-4-21(7-15(14)22)6-11-8-24-9-19-11/h1-2,5,8-9,14-15,22H,3-4,6-7H2,(H,20,23)/t14-,15-/m1/s1. The first-order valence-corrected chi connectivity index (χ1v) is 8.88. The molecule has 1 fully saturated rings. The lowest BCUT2D eigenvalue weighted by Crippen LogP contribution is -2.53. The van der Waals surface area contributed by atoms with Crippen molar-refractivity contribution < 1.29 is 14.3 Å². The summed E-state index contributed by atoms with van der Waals surface area (Å²) >= 11 is 7.48. The summed E-state index contributed by atoms with van der Waals surface area (Å²) in [7, 11) is 0. The van der Waals surface area contributed by atoms with E-state index in [9.17, 15) is 14.3 Å². The number of hydrogen-bond donors (Lipinski definition) is 2. The number of nitrogens with zero attached hydrogens (tertiary/aromatic N) is 2. The molecule has 128 valence electrons. The molecule has 2 aromatic rings. The molecular weight excluding hydrogens is 353 g/mol. The summed E-state index contributed by atoms with van der Waals surface area (Å²) in [6.45, 7) is 1.85. The molecule has 24 heavy (non-hydrogen) atoms. The highest BCUT2D eigenvalue weighted by Crippen LogP contribution is 2.19. The van der Waals surface area contributed by atoms with Crippen LogP contribution < -0.4 is 5.32 Å². The lowest BCUT2D eigenvalue weighted by Gasteiger charge is -2.36. The van der Waals surface area contributed by atoms with E-state index in [0.717, 1.165) is 18.3 Å². The number of aliphatic hydroxyl groups excluding tert-OH is 1. The highest BCUT2D eigenvalue weighted by atomic mass is 35.5. The summed E-state index contributed by atoms with van der Waals surface area (Å²) in [4.78, 5) is 18.6. The van der Waals surface area contributed by atoms with E-state index < -0.39 is 17.8 Å². The van der Waals surface area contributed by atoms with Gasteiger partial charge >= 0.3 is 0 Å². The van der Waals surface area contributed by atoms with Crippen LogP contribution >= 0.6 is 22.9 Å². The van der Waals surface area contributed by atoms with Gasteiger partial charge in [-0.1, -0.05) is 11.6 Å². The fourth-order valence-electron chi connectivity index (χ4n) is 2.77. The Morgan fingerprint density at radius 2 is 2.38 bits per heavy atom. The van der Waals surface area contributed by atoms with Crippen LogP contribution in [0.5, 0.6) is 0 Å². The van der Waals surface area contributed by atoms with Gasteiger partial charge in [0.15, 0.2) is 0 Å². The fourth-order valence-corrected chi connectivity index (χ4v) is 3.52. The third-order valence-corrected chi connectivity index (χ3v) is 4.99. The highest BCUT2D eigenvalue weighted by molar-refractivity contribution is 7.07. The van der Waals surface area contributed by atoms with E-state index in [1.165, 1.54) is 23.5 Å². The molecule has 0 radical (unpaired) electrons. The number of β-amino-alcohol motifs (C(OH)–C–C–N with tert-alkyl or cyclic N) is 1. The molecule has 2 N–H and O–H groups in total. The molecule has 2 atom stereocenters. The Hall–Kier alpha value is -1.54. The van der Waals surface area contributed by atoms with E-state index in [0.29, 0.717) is 19.5 Å². The maximum absolute atomic E-state index is 13.3. The van der Waals surface area contributed by atoms with E-state index >= 15 is 0 Å². The largest absolute Gasteiger partial charge is 0.390 e. The average Bonchev–Trinajstić information content (AvgIpc) is 3.05. The van der Waals surface area contributed by atoms with Crippen molar-refractivity contribution in [3.63, 3.8) is 0 Å². The molecule has 1 aliphatic rings. The van der Waals surface area contributed by atoms with Gasteiger partial charge in [0, 0.05) is 25.0 Å². The monoisotopic (exact) mass is 369 g/mol. The normalized spacial score (nSPS) is 21.6. The van der Waals surface area contributed by atoms with Crippen LogP contribution in [0.4, 0.5) is 4.39 Å². The minimum atomic E-state index is -0.700. The second kappa shape index (κ2) is 7.57. The Bertz CT molecular complexity index is 713. The molecule has 0 bridgehead atoms. The molecule has 0 spiro atoms. The van der Waals surface area contributed by atoms with E-state index in [2.05, 4.69) is 15.2 Å². The van der Waals surface area contributed by atoms with Crippen molar-refractivity contribution in [1.29, 1.82) is 0 Å². The van der Waals surface area contributed by atoms with Crippen LogP contribution in [0.15, 0.2) is 29.1 Å². The van der Waals surface area contributed by atoms with Crippen LogP contribution in [0.25, 0.3) is 0 Å². The molecular formula is C16H17ClFN3O2S. The number of likely N-dealkylation sites (tertiary alicyclic amines) is 1. The van der Waals surface area contributed by atoms with E-state index in [1.54, 1.807) is 5.51 Å². The van der Waals surface area contributed by atoms with Crippen molar-refractivity contribution in [3.8, 4) is 0 Å². The van der Waals surface area contributed by atoms with Gasteiger partial charge in [0.2, 0.25) is 0 Å². The van der Waals surface area contributed by atoms with E-state index in [1.807, 2.05) is 5.38 Å². The predicted octanol–water partition coefficient (Wildman–Crippen LogP) is 2.30. The minimum absolute atomic E-state index is 0.0776. The lowest BCUT2D eigenvalue weighted by atomic mass is 10.0. The maximum Gasteiger partial charge on any atom is 0.253 e. The zero-order valence-corrected chi connectivity index (χ0v) is 14.4. The van der Waals surface area contributed by atoms with Gasteiger partial charge in [0.25, 0.3) is 5.91 Å². The number of halogens is 2. The van der Waals surface area contributed by atoms with Crippen molar-refractivity contribution >= 4 is 28.8 Å². The second-order valence-corrected chi connectivity index (χ2v) is 6.90. The van der Waals surface area contributed by atoms with Crippen LogP contribution in [0, 0.1) is 5.82 Å². The molecule has 0 saturated carbocycles. The van der Waals surface area contributed by atoms with Crippen molar-refractivity contribution in [1.82, 2.24) is 15.2 Å². The molecule has 1 saturated heterocycles. The maximum atomic E-state index is 13.3. The lowest BCUT2D eigenvalue weighted by molar-refractivity contribution is 0.0346. The number of amides is 1. The molecule has 1 aromatic heterocycles. The first kappa shape index (κ1) is 17.3. The molecule has 0 aliphatic carbocycles. The zero-order chi connectivity index (χ0) is 17.1. The first-order valence-electron chi connectivity index (χ1n) is 7.56. The molecule has 2 heterocycles. The second-order valence-electron chi connectivity index (χ2n) is 5.78. The molecule has 3 rings (SSSR count). The van der Waals surface area contributed by atoms with Crippen molar-refractivity contribution in [2.45, 2.75) is 25.1 Å². The van der Waals surface area contributed by atoms with Crippen molar-refractivity contribution in [2.24, 2.45) is 0 Å². The Kier molecular flexibility index (Phi) is 5.45. The summed E-state index contributed by atoms with van der Waals surface area (Å²) in [6.07, 6.45) is -0.0991. The number of piperidine rings is 1. The molecule has 1 amide bonds. The Labute approximate surface area is 148 Å². The van der Waals surface area contributed by atoms with Crippen LogP contribution in [0.2, 0.25) is 5.02 Å². The Morgan fingerprint density at radius 3 is 3.08 bits per heavy atom. The number of carbonyl (C=O) groups excluding carboxylic acids is 1. The Morgan fingerprint density at radius 1 is 1.54 bits per heavy atom. The van der Waals surface area contributed by atoms with Gasteiger partial charge in [0.1, 0.15) is 5.82 Å². The zero-order valence-electron chi connectivity index (χ0n) is 12.8. The van der Waals surface area contributed by atoms with Gasteiger partial charge in [-0.2, -0.15) is 0 Å². The number of aromatic nitrogens is 1. The van der Waals surface area contributed by atoms with Gasteiger partial charge in [-0.15, -0.1) is 11.3 Å². The fraction of sp³-hybridized carbons (Fsp3) is 0.375. The number of aliphatic hydroxyl groups is 1. The summed E-state index contributed by atoms with van der Waals surface area (Å²) in [5.41, 5.74) is 2.83. The quantitative estimate of drug-likeness (QED) is 0.868. The van der Waals surface area contributed by atoms with Crippen LogP contribution in [-0.2, 0) is 6.54 Å². The van der Waals surface area contributed by atoms with E-state index in [4.69, 9.17) is 11.6 Å². The van der Waals surface area contributed by atoms with Gasteiger partial charge in [0.05, 0.1) is 33.9 Å². The van der Waals surface area contributed by atoms with Crippen LogP contribution in [0.1, 0.15) is 22.5 Å². The van der Waals surface area contributed by atoms with Crippen molar-refractivity contribution in [3.05, 3.63) is 51.2 Å². The van der Waals surface area contributed by atoms with Crippen LogP contribution in [0.3, 0.4) is 0 Å². The number of thiazole rings is 1. The average molecular weight is 370 g/mol. The number of nitrogens with one attached hydrogen (secondary N) is 1. The highest BCUT2D eigenvalue weighted by Gasteiger charge is 2.29. The number of hydrogen-bond acceptors (Lipinski definition) is 5. The molecule has 1 aliphatic heterocycles. The van der Waals surface area contributed by atoms with Gasteiger partial charge in [-0.25, -0.2) is 9.37 Å². The van der Waals surface area contributed by atoms with Gasteiger partial charge in [-0.3, -0.25) is 9.69 Å². The third-order valence-electron chi connectivity index (χ3n) is 4.02. The Balaban J connectivity index is 1.58. The summed E-state index contributed by atoms with van der Waals surface area (Å²) in [5.74, 6) is -1.00. The number of benzene rings is 1. The molecule has 0 unspecified atom stereocenters. The molecule has 8 heteroatoms. The first-order chi connectivity index (χ1) is 11.5. The molecule has 1 aromatic carbocycles. The van der Waals surface area contributed by atoms with Gasteiger partial charge in [-0.05, 0) is 24.6 Å². The smallest absolute Gasteiger partial charge is 0.253 e. The number of carbonyl (C=O) groups is 1. The van der Waals surface area contributed by atoms with Gasteiger partial charge < -0.3 is 10.4 Å². The topological polar surface area (TPSA) is 65.5 Å². The third kappa shape index (κ3) is 4.10. The van der Waals surface area contributed by atoms with E-state index in [-0.39, 0.29) is 16.6 Å². The number of rotatable bonds is 4. The minimum Gasteiger partial charge on any atom is -0.390 e. The van der Waals surface area contributed by atoms with Crippen molar-refractivity contribution in [2.75, 3.05) is 13.1 Å². The summed E-state index contributed by atoms with van der Waals surface area (Å²) in [6, 6.07) is 3.26. The molecule has 5 nitrogen and oxygen atoms in total. The summed E-state index contributed by atoms with van der Waals surface area (Å²) in [5, 5.41) is 15.2. The SMILES string of the molecule is O=C(N[C@@H]1CCN(Cc2cscn2)C[C@H]1O)c1cc(F)ccc1Cl. The summed E-state index contributed by atoms with van der Waals surface area (Å²) < 4.78 is 13.3.